The van der Waals surface area contributed by atoms with Gasteiger partial charge in [0.15, 0.2) is 0 Å². The molecule has 0 unspecified atom stereocenters. The monoisotopic (exact) mass is 244 g/mol. The van der Waals surface area contributed by atoms with Gasteiger partial charge in [0.2, 0.25) is 0 Å². The maximum absolute atomic E-state index is 4.49. The first-order valence-corrected chi connectivity index (χ1v) is 6.32. The summed E-state index contributed by atoms with van der Waals surface area (Å²) < 4.78 is 0. The van der Waals surface area contributed by atoms with Crippen LogP contribution in [0.3, 0.4) is 0 Å². The van der Waals surface area contributed by atoms with E-state index in [4.69, 9.17) is 0 Å². The van der Waals surface area contributed by atoms with Gasteiger partial charge < -0.3 is 0 Å². The minimum Gasteiger partial charge on any atom is -0.270 e. The van der Waals surface area contributed by atoms with Crippen LogP contribution in [0.5, 0.6) is 0 Å². The van der Waals surface area contributed by atoms with Crippen LogP contribution in [0.15, 0.2) is 79.1 Å². The third-order valence-corrected chi connectivity index (χ3v) is 3.10. The molecule has 0 atom stereocenters. The zero-order chi connectivity index (χ0) is 12.9. The topological polar surface area (TPSA) is 25.8 Å². The van der Waals surface area contributed by atoms with Gasteiger partial charge in [-0.15, -0.1) is 0 Å². The molecule has 0 fully saturated rings. The summed E-state index contributed by atoms with van der Waals surface area (Å²) in [5.41, 5.74) is 3.25. The molecule has 1 aromatic carbocycles. The van der Waals surface area contributed by atoms with E-state index < -0.39 is 0 Å². The summed E-state index contributed by atoms with van der Waals surface area (Å²) in [6.07, 6.45) is 3.66. The molecule has 0 amide bonds. The summed E-state index contributed by atoms with van der Waals surface area (Å²) in [4.78, 5) is 8.98. The van der Waals surface area contributed by atoms with Crippen molar-refractivity contribution in [2.75, 3.05) is 0 Å². The Bertz CT molecular complexity index is 533. The van der Waals surface area contributed by atoms with Crippen LogP contribution in [0, 0.1) is 0 Å². The molecule has 0 aliphatic rings. The first kappa shape index (κ1) is 11.7. The number of hydrogen-bond donors (Lipinski definition) is 0. The van der Waals surface area contributed by atoms with Crippen molar-refractivity contribution < 1.29 is 0 Å². The fourth-order valence-electron chi connectivity index (χ4n) is 2.23. The van der Waals surface area contributed by atoms with E-state index in [1.54, 1.807) is 0 Å². The summed E-state index contributed by atoms with van der Waals surface area (Å²) in [5.74, 6) is 0. The second-order valence-corrected chi connectivity index (χ2v) is 4.35. The molecule has 2 nitrogen and oxygen atoms in total. The van der Waals surface area contributed by atoms with Crippen molar-refractivity contribution in [2.24, 2.45) is 0 Å². The van der Waals surface area contributed by atoms with E-state index in [-0.39, 0.29) is 6.71 Å². The first-order chi connectivity index (χ1) is 9.45. The summed E-state index contributed by atoms with van der Waals surface area (Å²) in [5, 5.41) is 0. The Morgan fingerprint density at radius 1 is 0.579 bits per heavy atom. The number of rotatable bonds is 3. The molecule has 2 heterocycles. The molecule has 3 aromatic rings. The van der Waals surface area contributed by atoms with Crippen molar-refractivity contribution in [2.45, 2.75) is 0 Å². The average molecular weight is 244 g/mol. The van der Waals surface area contributed by atoms with Crippen LogP contribution >= 0.6 is 0 Å². The van der Waals surface area contributed by atoms with Crippen LogP contribution in [-0.2, 0) is 0 Å². The van der Waals surface area contributed by atoms with Crippen LogP contribution in [0.1, 0.15) is 0 Å². The van der Waals surface area contributed by atoms with Crippen LogP contribution in [-0.4, -0.2) is 16.7 Å². The van der Waals surface area contributed by atoms with Gasteiger partial charge in [-0.05, 0) is 24.3 Å². The van der Waals surface area contributed by atoms with E-state index in [2.05, 4.69) is 22.1 Å². The maximum atomic E-state index is 4.49. The molecule has 90 valence electrons. The SMILES string of the molecule is c1ccc(B(c2ccccn2)c2ccccn2)cc1. The highest BCUT2D eigenvalue weighted by Gasteiger charge is 2.23. The van der Waals surface area contributed by atoms with Crippen molar-refractivity contribution >= 4 is 23.4 Å². The lowest BCUT2D eigenvalue weighted by atomic mass is 9.40. The Kier molecular flexibility index (Phi) is 3.37. The van der Waals surface area contributed by atoms with E-state index in [1.807, 2.05) is 67.0 Å². The lowest BCUT2D eigenvalue weighted by Crippen LogP contribution is -2.54. The molecule has 0 radical (unpaired) electrons. The Morgan fingerprint density at radius 2 is 1.11 bits per heavy atom. The molecular formula is C16H13BN2. The molecule has 0 saturated heterocycles. The van der Waals surface area contributed by atoms with Crippen molar-refractivity contribution in [3.8, 4) is 0 Å². The van der Waals surface area contributed by atoms with Gasteiger partial charge in [0.05, 0.1) is 0 Å². The highest BCUT2D eigenvalue weighted by Crippen LogP contribution is 1.91. The van der Waals surface area contributed by atoms with Crippen molar-refractivity contribution in [1.82, 2.24) is 9.97 Å². The highest BCUT2D eigenvalue weighted by molar-refractivity contribution is 6.94. The quantitative estimate of drug-likeness (QED) is 0.642. The van der Waals surface area contributed by atoms with Crippen molar-refractivity contribution in [1.29, 1.82) is 0 Å². The zero-order valence-corrected chi connectivity index (χ0v) is 10.5. The molecule has 2 aromatic heterocycles. The summed E-state index contributed by atoms with van der Waals surface area (Å²) >= 11 is 0. The van der Waals surface area contributed by atoms with Crippen LogP contribution in [0.4, 0.5) is 0 Å². The minimum atomic E-state index is 0.0867. The molecule has 0 bridgehead atoms. The smallest absolute Gasteiger partial charge is 0.270 e. The summed E-state index contributed by atoms with van der Waals surface area (Å²) in [6.45, 7) is 0.0867. The average Bonchev–Trinajstić information content (AvgIpc) is 2.51. The third kappa shape index (κ3) is 2.55. The molecule has 3 rings (SSSR count). The molecule has 0 spiro atoms. The lowest BCUT2D eigenvalue weighted by Gasteiger charge is -2.12. The number of nitrogens with zero attached hydrogens (tertiary/aromatic N) is 2. The van der Waals surface area contributed by atoms with E-state index in [9.17, 15) is 0 Å². The van der Waals surface area contributed by atoms with Crippen molar-refractivity contribution in [3.05, 3.63) is 79.1 Å². The Hall–Kier alpha value is -2.42. The van der Waals surface area contributed by atoms with Gasteiger partial charge in [-0.3, -0.25) is 9.97 Å². The highest BCUT2D eigenvalue weighted by atomic mass is 14.7. The van der Waals surface area contributed by atoms with Gasteiger partial charge in [0, 0.05) is 23.6 Å². The van der Waals surface area contributed by atoms with Gasteiger partial charge in [-0.25, -0.2) is 0 Å². The maximum Gasteiger partial charge on any atom is 0.288 e. The van der Waals surface area contributed by atoms with Gasteiger partial charge in [0.1, 0.15) is 0 Å². The first-order valence-electron chi connectivity index (χ1n) is 6.32. The minimum absolute atomic E-state index is 0.0867. The standard InChI is InChI=1S/C16H13BN2/c1-2-8-14(9-3-1)17(15-10-4-6-12-18-15)16-11-5-7-13-19-16/h1-13H. The fourth-order valence-corrected chi connectivity index (χ4v) is 2.23. The van der Waals surface area contributed by atoms with E-state index in [0.29, 0.717) is 0 Å². The Balaban J connectivity index is 2.12. The molecule has 3 heteroatoms. The lowest BCUT2D eigenvalue weighted by molar-refractivity contribution is 1.36. The van der Waals surface area contributed by atoms with Crippen LogP contribution in [0.25, 0.3) is 0 Å². The summed E-state index contributed by atoms with van der Waals surface area (Å²) in [7, 11) is 0. The number of benzene rings is 1. The van der Waals surface area contributed by atoms with E-state index >= 15 is 0 Å². The fraction of sp³-hybridized carbons (Fsp3) is 0. The predicted octanol–water partition coefficient (Wildman–Crippen LogP) is 0.993. The number of pyridine rings is 2. The van der Waals surface area contributed by atoms with Gasteiger partial charge in [-0.1, -0.05) is 47.9 Å². The van der Waals surface area contributed by atoms with Gasteiger partial charge in [-0.2, -0.15) is 0 Å². The second kappa shape index (κ2) is 5.48. The zero-order valence-electron chi connectivity index (χ0n) is 10.5. The van der Waals surface area contributed by atoms with Crippen LogP contribution < -0.4 is 16.6 Å². The number of hydrogen-bond acceptors (Lipinski definition) is 2. The molecule has 0 aliphatic carbocycles. The van der Waals surface area contributed by atoms with E-state index in [0.717, 1.165) is 11.2 Å². The number of aromatic nitrogens is 2. The predicted molar refractivity (Wildman–Crippen MR) is 79.6 cm³/mol. The van der Waals surface area contributed by atoms with Crippen LogP contribution in [0.2, 0.25) is 0 Å². The van der Waals surface area contributed by atoms with Crippen molar-refractivity contribution in [3.63, 3.8) is 0 Å². The molecule has 0 saturated carbocycles. The molecular weight excluding hydrogens is 231 g/mol. The Morgan fingerprint density at radius 3 is 1.58 bits per heavy atom. The molecule has 0 N–H and O–H groups in total. The Labute approximate surface area is 113 Å². The third-order valence-electron chi connectivity index (χ3n) is 3.10. The van der Waals surface area contributed by atoms with Gasteiger partial charge >= 0.3 is 0 Å². The second-order valence-electron chi connectivity index (χ2n) is 4.35. The summed E-state index contributed by atoms with van der Waals surface area (Å²) in [6, 6.07) is 22.4. The largest absolute Gasteiger partial charge is 0.288 e. The normalized spacial score (nSPS) is 10.1. The van der Waals surface area contributed by atoms with E-state index in [1.165, 1.54) is 5.46 Å². The van der Waals surface area contributed by atoms with Gasteiger partial charge in [0.25, 0.3) is 6.71 Å². The molecule has 0 aliphatic heterocycles. The molecule has 19 heavy (non-hydrogen) atoms.